The zero-order chi connectivity index (χ0) is 14.0. The Labute approximate surface area is 113 Å². The number of ether oxygens (including phenoxy) is 1. The van der Waals surface area contributed by atoms with Crippen LogP contribution in [-0.4, -0.2) is 12.9 Å². The van der Waals surface area contributed by atoms with E-state index in [1.165, 1.54) is 0 Å². The van der Waals surface area contributed by atoms with E-state index in [2.05, 4.69) is 0 Å². The Morgan fingerprint density at radius 2 is 1.84 bits per heavy atom. The minimum Gasteiger partial charge on any atom is -0.496 e. The van der Waals surface area contributed by atoms with Gasteiger partial charge in [0.25, 0.3) is 0 Å². The summed E-state index contributed by atoms with van der Waals surface area (Å²) in [5.41, 5.74) is 9.60. The van der Waals surface area contributed by atoms with E-state index in [4.69, 9.17) is 10.5 Å². The van der Waals surface area contributed by atoms with E-state index in [-0.39, 0.29) is 5.78 Å². The molecule has 0 heterocycles. The molecule has 0 radical (unpaired) electrons. The van der Waals surface area contributed by atoms with E-state index >= 15 is 0 Å². The highest BCUT2D eigenvalue weighted by atomic mass is 16.5. The zero-order valence-corrected chi connectivity index (χ0v) is 11.4. The lowest BCUT2D eigenvalue weighted by Gasteiger charge is -2.09. The molecule has 2 aromatic rings. The average Bonchev–Trinajstić information content (AvgIpc) is 2.41. The molecule has 0 unspecified atom stereocenters. The van der Waals surface area contributed by atoms with Crippen LogP contribution in [0.1, 0.15) is 27.0 Å². The normalized spacial score (nSPS) is 10.3. The van der Waals surface area contributed by atoms with Crippen molar-refractivity contribution in [3.63, 3.8) is 0 Å². The van der Waals surface area contributed by atoms with Gasteiger partial charge in [-0.25, -0.2) is 0 Å². The molecule has 98 valence electrons. The maximum Gasteiger partial charge on any atom is 0.196 e. The molecule has 0 amide bonds. The first-order valence-corrected chi connectivity index (χ1v) is 6.08. The standard InChI is InChI=1S/C16H17NO2/c1-10-4-7-15(19-3)13(8-10)16(18)12-6-5-11(2)14(17)9-12/h4-9H,17H2,1-3H3. The molecule has 2 aromatic carbocycles. The monoisotopic (exact) mass is 255 g/mol. The van der Waals surface area contributed by atoms with Crippen LogP contribution in [0.3, 0.4) is 0 Å². The van der Waals surface area contributed by atoms with Crippen LogP contribution in [0.5, 0.6) is 5.75 Å². The molecule has 0 aliphatic heterocycles. The lowest BCUT2D eigenvalue weighted by Crippen LogP contribution is -2.05. The summed E-state index contributed by atoms with van der Waals surface area (Å²) in [5, 5.41) is 0. The lowest BCUT2D eigenvalue weighted by molar-refractivity contribution is 0.103. The molecule has 2 N–H and O–H groups in total. The number of nitrogens with two attached hydrogens (primary N) is 1. The van der Waals surface area contributed by atoms with Crippen molar-refractivity contribution in [1.82, 2.24) is 0 Å². The topological polar surface area (TPSA) is 52.3 Å². The smallest absolute Gasteiger partial charge is 0.196 e. The number of hydrogen-bond acceptors (Lipinski definition) is 3. The number of carbonyl (C=O) groups excluding carboxylic acids is 1. The van der Waals surface area contributed by atoms with Gasteiger partial charge in [0.05, 0.1) is 12.7 Å². The molecule has 0 aromatic heterocycles. The van der Waals surface area contributed by atoms with Gasteiger partial charge in [0, 0.05) is 11.3 Å². The second-order valence-corrected chi connectivity index (χ2v) is 4.60. The average molecular weight is 255 g/mol. The number of rotatable bonds is 3. The number of anilines is 1. The zero-order valence-electron chi connectivity index (χ0n) is 11.4. The van der Waals surface area contributed by atoms with E-state index in [0.717, 1.165) is 11.1 Å². The van der Waals surface area contributed by atoms with Crippen LogP contribution in [0, 0.1) is 13.8 Å². The molecular formula is C16H17NO2. The van der Waals surface area contributed by atoms with Crippen molar-refractivity contribution in [2.24, 2.45) is 0 Å². The molecule has 19 heavy (non-hydrogen) atoms. The first-order chi connectivity index (χ1) is 9.02. The third kappa shape index (κ3) is 2.60. The summed E-state index contributed by atoms with van der Waals surface area (Å²) in [6, 6.07) is 10.9. The SMILES string of the molecule is COc1ccc(C)cc1C(=O)c1ccc(C)c(N)c1. The predicted octanol–water partition coefficient (Wildman–Crippen LogP) is 3.13. The maximum atomic E-state index is 12.5. The lowest BCUT2D eigenvalue weighted by atomic mass is 9.99. The van der Waals surface area contributed by atoms with Crippen LogP contribution in [0.4, 0.5) is 5.69 Å². The van der Waals surface area contributed by atoms with Crippen LogP contribution >= 0.6 is 0 Å². The minimum atomic E-state index is -0.0766. The van der Waals surface area contributed by atoms with E-state index < -0.39 is 0 Å². The Morgan fingerprint density at radius 1 is 1.11 bits per heavy atom. The highest BCUT2D eigenvalue weighted by molar-refractivity contribution is 6.11. The summed E-state index contributed by atoms with van der Waals surface area (Å²) in [6.07, 6.45) is 0. The van der Waals surface area contributed by atoms with Crippen molar-refractivity contribution < 1.29 is 9.53 Å². The Bertz CT molecular complexity index is 633. The van der Waals surface area contributed by atoms with Gasteiger partial charge in [0.1, 0.15) is 5.75 Å². The van der Waals surface area contributed by atoms with Crippen molar-refractivity contribution in [2.45, 2.75) is 13.8 Å². The Kier molecular flexibility index (Phi) is 3.56. The van der Waals surface area contributed by atoms with Gasteiger partial charge in [-0.2, -0.15) is 0 Å². The van der Waals surface area contributed by atoms with E-state index in [0.29, 0.717) is 22.6 Å². The highest BCUT2D eigenvalue weighted by Gasteiger charge is 2.15. The molecular weight excluding hydrogens is 238 g/mol. The molecule has 0 aliphatic rings. The summed E-state index contributed by atoms with van der Waals surface area (Å²) in [6.45, 7) is 3.86. The summed E-state index contributed by atoms with van der Waals surface area (Å²) >= 11 is 0. The van der Waals surface area contributed by atoms with Crippen LogP contribution < -0.4 is 10.5 Å². The summed E-state index contributed by atoms with van der Waals surface area (Å²) in [7, 11) is 1.56. The summed E-state index contributed by atoms with van der Waals surface area (Å²) in [5.74, 6) is 0.502. The maximum absolute atomic E-state index is 12.5. The summed E-state index contributed by atoms with van der Waals surface area (Å²) in [4.78, 5) is 12.5. The van der Waals surface area contributed by atoms with Crippen molar-refractivity contribution >= 4 is 11.5 Å². The van der Waals surface area contributed by atoms with Gasteiger partial charge in [-0.05, 0) is 37.6 Å². The third-order valence-corrected chi connectivity index (χ3v) is 3.14. The van der Waals surface area contributed by atoms with Gasteiger partial charge in [-0.3, -0.25) is 4.79 Å². The fourth-order valence-corrected chi connectivity index (χ4v) is 1.94. The number of methoxy groups -OCH3 is 1. The van der Waals surface area contributed by atoms with E-state index in [9.17, 15) is 4.79 Å². The van der Waals surface area contributed by atoms with Crippen molar-refractivity contribution in [2.75, 3.05) is 12.8 Å². The van der Waals surface area contributed by atoms with E-state index in [1.54, 1.807) is 25.3 Å². The summed E-state index contributed by atoms with van der Waals surface area (Å²) < 4.78 is 5.24. The van der Waals surface area contributed by atoms with Gasteiger partial charge < -0.3 is 10.5 Å². The Hall–Kier alpha value is -2.29. The number of ketones is 1. The fourth-order valence-electron chi connectivity index (χ4n) is 1.94. The molecule has 3 nitrogen and oxygen atoms in total. The van der Waals surface area contributed by atoms with Gasteiger partial charge in [0.2, 0.25) is 0 Å². The molecule has 0 saturated carbocycles. The molecule has 0 bridgehead atoms. The first kappa shape index (κ1) is 13.1. The first-order valence-electron chi connectivity index (χ1n) is 6.08. The molecule has 3 heteroatoms. The Morgan fingerprint density at radius 3 is 2.47 bits per heavy atom. The van der Waals surface area contributed by atoms with Crippen LogP contribution in [0.15, 0.2) is 36.4 Å². The molecule has 0 saturated heterocycles. The van der Waals surface area contributed by atoms with Crippen LogP contribution in [0.2, 0.25) is 0 Å². The quantitative estimate of drug-likeness (QED) is 0.677. The van der Waals surface area contributed by atoms with Crippen LogP contribution in [-0.2, 0) is 0 Å². The number of benzene rings is 2. The largest absolute Gasteiger partial charge is 0.496 e. The van der Waals surface area contributed by atoms with Gasteiger partial charge in [0.15, 0.2) is 5.78 Å². The fraction of sp³-hybridized carbons (Fsp3) is 0.188. The van der Waals surface area contributed by atoms with Crippen LogP contribution in [0.25, 0.3) is 0 Å². The molecule has 0 aliphatic carbocycles. The third-order valence-electron chi connectivity index (χ3n) is 3.14. The predicted molar refractivity (Wildman–Crippen MR) is 76.8 cm³/mol. The number of hydrogen-bond donors (Lipinski definition) is 1. The molecule has 0 atom stereocenters. The minimum absolute atomic E-state index is 0.0766. The van der Waals surface area contributed by atoms with Crippen molar-refractivity contribution in [3.8, 4) is 5.75 Å². The van der Waals surface area contributed by atoms with Gasteiger partial charge in [-0.1, -0.05) is 23.8 Å². The highest BCUT2D eigenvalue weighted by Crippen LogP contribution is 2.24. The molecule has 0 spiro atoms. The molecule has 0 fully saturated rings. The van der Waals surface area contributed by atoms with Gasteiger partial charge in [-0.15, -0.1) is 0 Å². The van der Waals surface area contributed by atoms with E-state index in [1.807, 2.05) is 32.0 Å². The Balaban J connectivity index is 2.49. The van der Waals surface area contributed by atoms with Gasteiger partial charge >= 0.3 is 0 Å². The number of carbonyl (C=O) groups is 1. The van der Waals surface area contributed by atoms with Crippen molar-refractivity contribution in [1.29, 1.82) is 0 Å². The second kappa shape index (κ2) is 5.14. The second-order valence-electron chi connectivity index (χ2n) is 4.60. The number of aryl methyl sites for hydroxylation is 2. The number of nitrogen functional groups attached to an aromatic ring is 1. The molecule has 2 rings (SSSR count). The van der Waals surface area contributed by atoms with Crippen molar-refractivity contribution in [3.05, 3.63) is 58.7 Å².